The smallest absolute Gasteiger partial charge is 0.134 e. The first-order valence-corrected chi connectivity index (χ1v) is 7.05. The summed E-state index contributed by atoms with van der Waals surface area (Å²) in [6, 6.07) is 0.725. The summed E-state index contributed by atoms with van der Waals surface area (Å²) in [4.78, 5) is 0. The van der Waals surface area contributed by atoms with Gasteiger partial charge in [0.1, 0.15) is 11.6 Å². The maximum Gasteiger partial charge on any atom is 0.134 e. The zero-order valence-electron chi connectivity index (χ0n) is 12.1. The van der Waals surface area contributed by atoms with Gasteiger partial charge in [-0.2, -0.15) is 0 Å². The van der Waals surface area contributed by atoms with Crippen LogP contribution >= 0.6 is 0 Å². The minimum absolute atomic E-state index is 0.111. The highest BCUT2D eigenvalue weighted by Crippen LogP contribution is 2.32. The van der Waals surface area contributed by atoms with Gasteiger partial charge in [0, 0.05) is 18.5 Å². The van der Waals surface area contributed by atoms with Crippen molar-refractivity contribution in [2.45, 2.75) is 71.9 Å². The molecule has 102 valence electrons. The van der Waals surface area contributed by atoms with Gasteiger partial charge in [-0.15, -0.1) is 10.2 Å². The predicted octanol–water partition coefficient (Wildman–Crippen LogP) is 2.62. The molecule has 1 aromatic heterocycles. The molecule has 18 heavy (non-hydrogen) atoms. The van der Waals surface area contributed by atoms with Gasteiger partial charge in [0.15, 0.2) is 0 Å². The van der Waals surface area contributed by atoms with Crippen LogP contribution in [0.3, 0.4) is 0 Å². The van der Waals surface area contributed by atoms with E-state index in [2.05, 4.69) is 42.5 Å². The molecule has 0 radical (unpaired) electrons. The van der Waals surface area contributed by atoms with Crippen molar-refractivity contribution >= 4 is 0 Å². The van der Waals surface area contributed by atoms with Gasteiger partial charge in [-0.1, -0.05) is 33.6 Å². The molecule has 1 atom stereocenters. The lowest BCUT2D eigenvalue weighted by Gasteiger charge is -2.27. The van der Waals surface area contributed by atoms with E-state index < -0.39 is 0 Å². The molecule has 1 unspecified atom stereocenters. The van der Waals surface area contributed by atoms with Crippen LogP contribution in [-0.4, -0.2) is 20.8 Å². The molecular weight excluding hydrogens is 224 g/mol. The van der Waals surface area contributed by atoms with Gasteiger partial charge in [-0.25, -0.2) is 0 Å². The average molecular weight is 250 g/mol. The molecule has 0 bridgehead atoms. The maximum absolute atomic E-state index is 6.28. The molecule has 0 aromatic carbocycles. The third kappa shape index (κ3) is 2.74. The predicted molar refractivity (Wildman–Crippen MR) is 73.4 cm³/mol. The first-order valence-electron chi connectivity index (χ1n) is 7.05. The standard InChI is InChI=1S/C14H26N4/c1-10-16-17-13(9-12(15)14(2,3)4)18(10)11-7-5-6-8-11/h11-12H,5-9,15H2,1-4H3. The molecule has 0 saturated heterocycles. The normalized spacial score (nSPS) is 19.4. The summed E-state index contributed by atoms with van der Waals surface area (Å²) in [7, 11) is 0. The van der Waals surface area contributed by atoms with E-state index >= 15 is 0 Å². The van der Waals surface area contributed by atoms with Crippen LogP contribution in [0.1, 0.15) is 64.1 Å². The average Bonchev–Trinajstić information content (AvgIpc) is 2.86. The monoisotopic (exact) mass is 250 g/mol. The van der Waals surface area contributed by atoms with E-state index in [4.69, 9.17) is 5.73 Å². The van der Waals surface area contributed by atoms with Gasteiger partial charge >= 0.3 is 0 Å². The van der Waals surface area contributed by atoms with Gasteiger partial charge in [0.2, 0.25) is 0 Å². The lowest BCUT2D eigenvalue weighted by molar-refractivity contribution is 0.309. The Morgan fingerprint density at radius 3 is 2.44 bits per heavy atom. The van der Waals surface area contributed by atoms with Gasteiger partial charge in [-0.3, -0.25) is 0 Å². The zero-order chi connectivity index (χ0) is 13.3. The first-order chi connectivity index (χ1) is 8.39. The van der Waals surface area contributed by atoms with Crippen molar-refractivity contribution in [1.29, 1.82) is 0 Å². The Kier molecular flexibility index (Phi) is 3.76. The van der Waals surface area contributed by atoms with E-state index in [0.717, 1.165) is 18.1 Å². The molecule has 1 heterocycles. The van der Waals surface area contributed by atoms with Crippen molar-refractivity contribution in [3.8, 4) is 0 Å². The first kappa shape index (κ1) is 13.5. The summed E-state index contributed by atoms with van der Waals surface area (Å²) in [5, 5.41) is 8.60. The van der Waals surface area contributed by atoms with Crippen LogP contribution < -0.4 is 5.73 Å². The lowest BCUT2D eigenvalue weighted by atomic mass is 9.85. The third-order valence-electron chi connectivity index (χ3n) is 4.14. The third-order valence-corrected chi connectivity index (χ3v) is 4.14. The summed E-state index contributed by atoms with van der Waals surface area (Å²) >= 11 is 0. The minimum atomic E-state index is 0.111. The molecule has 4 nitrogen and oxygen atoms in total. The second kappa shape index (κ2) is 5.00. The van der Waals surface area contributed by atoms with E-state index in [9.17, 15) is 0 Å². The fourth-order valence-electron chi connectivity index (χ4n) is 2.69. The molecule has 1 aliphatic rings. The number of hydrogen-bond acceptors (Lipinski definition) is 3. The highest BCUT2D eigenvalue weighted by Gasteiger charge is 2.26. The van der Waals surface area contributed by atoms with Crippen LogP contribution in [0.5, 0.6) is 0 Å². The lowest BCUT2D eigenvalue weighted by Crippen LogP contribution is -2.38. The van der Waals surface area contributed by atoms with E-state index in [0.29, 0.717) is 6.04 Å². The second-order valence-corrected chi connectivity index (χ2v) is 6.65. The summed E-state index contributed by atoms with van der Waals surface area (Å²) in [5.74, 6) is 2.11. The van der Waals surface area contributed by atoms with E-state index in [1.807, 2.05) is 0 Å². The molecule has 2 N–H and O–H groups in total. The largest absolute Gasteiger partial charge is 0.327 e. The van der Waals surface area contributed by atoms with Gasteiger partial charge in [-0.05, 0) is 25.2 Å². The Morgan fingerprint density at radius 2 is 1.89 bits per heavy atom. The summed E-state index contributed by atoms with van der Waals surface area (Å²) in [6.45, 7) is 8.60. The van der Waals surface area contributed by atoms with Crippen LogP contribution in [0.25, 0.3) is 0 Å². The van der Waals surface area contributed by atoms with Crippen LogP contribution in [0.4, 0.5) is 0 Å². The molecule has 0 spiro atoms. The zero-order valence-corrected chi connectivity index (χ0v) is 12.1. The van der Waals surface area contributed by atoms with Crippen molar-refractivity contribution in [3.05, 3.63) is 11.6 Å². The molecule has 1 aliphatic carbocycles. The van der Waals surface area contributed by atoms with Crippen molar-refractivity contribution in [1.82, 2.24) is 14.8 Å². The quantitative estimate of drug-likeness (QED) is 0.897. The number of aryl methyl sites for hydroxylation is 1. The van der Waals surface area contributed by atoms with Gasteiger partial charge < -0.3 is 10.3 Å². The Morgan fingerprint density at radius 1 is 1.28 bits per heavy atom. The molecule has 1 aromatic rings. The van der Waals surface area contributed by atoms with Crippen LogP contribution in [0.15, 0.2) is 0 Å². The van der Waals surface area contributed by atoms with Crippen LogP contribution in [-0.2, 0) is 6.42 Å². The van der Waals surface area contributed by atoms with Gasteiger partial charge in [0.05, 0.1) is 0 Å². The van der Waals surface area contributed by atoms with Crippen molar-refractivity contribution in [2.24, 2.45) is 11.1 Å². The molecular formula is C14H26N4. The molecule has 4 heteroatoms. The SMILES string of the molecule is Cc1nnc(CC(N)C(C)(C)C)n1C1CCCC1. The number of nitrogens with two attached hydrogens (primary N) is 1. The van der Waals surface area contributed by atoms with Gasteiger partial charge in [0.25, 0.3) is 0 Å². The molecule has 1 saturated carbocycles. The number of hydrogen-bond donors (Lipinski definition) is 1. The van der Waals surface area contributed by atoms with E-state index in [1.165, 1.54) is 25.7 Å². The number of rotatable bonds is 3. The Bertz CT molecular complexity index is 396. The Labute approximate surface area is 110 Å². The van der Waals surface area contributed by atoms with Crippen molar-refractivity contribution < 1.29 is 0 Å². The molecule has 1 fully saturated rings. The minimum Gasteiger partial charge on any atom is -0.327 e. The van der Waals surface area contributed by atoms with Crippen LogP contribution in [0, 0.1) is 12.3 Å². The molecule has 0 aliphatic heterocycles. The Hall–Kier alpha value is -0.900. The molecule has 0 amide bonds. The molecule has 2 rings (SSSR count). The fraction of sp³-hybridized carbons (Fsp3) is 0.857. The van der Waals surface area contributed by atoms with Crippen molar-refractivity contribution in [2.75, 3.05) is 0 Å². The summed E-state index contributed by atoms with van der Waals surface area (Å²) in [6.07, 6.45) is 5.99. The van der Waals surface area contributed by atoms with E-state index in [-0.39, 0.29) is 11.5 Å². The second-order valence-electron chi connectivity index (χ2n) is 6.65. The van der Waals surface area contributed by atoms with Crippen molar-refractivity contribution in [3.63, 3.8) is 0 Å². The Balaban J connectivity index is 2.18. The number of aromatic nitrogens is 3. The highest BCUT2D eigenvalue weighted by atomic mass is 15.3. The topological polar surface area (TPSA) is 56.7 Å². The highest BCUT2D eigenvalue weighted by molar-refractivity contribution is 5.01. The summed E-state index contributed by atoms with van der Waals surface area (Å²) in [5.41, 5.74) is 6.39. The maximum atomic E-state index is 6.28. The number of nitrogens with zero attached hydrogens (tertiary/aromatic N) is 3. The van der Waals surface area contributed by atoms with E-state index in [1.54, 1.807) is 0 Å². The fourth-order valence-corrected chi connectivity index (χ4v) is 2.69. The summed E-state index contributed by atoms with van der Waals surface area (Å²) < 4.78 is 2.33. The van der Waals surface area contributed by atoms with Crippen LogP contribution in [0.2, 0.25) is 0 Å².